The number of ether oxygens (including phenoxy) is 1. The second-order valence-corrected chi connectivity index (χ2v) is 7.25. The highest BCUT2D eigenvalue weighted by atomic mass is 32.2. The van der Waals surface area contributed by atoms with Gasteiger partial charge in [0.15, 0.2) is 10.4 Å². The molecule has 2 aromatic carbocycles. The van der Waals surface area contributed by atoms with Crippen LogP contribution in [0.3, 0.4) is 0 Å². The van der Waals surface area contributed by atoms with Crippen molar-refractivity contribution in [2.75, 3.05) is 11.6 Å². The van der Waals surface area contributed by atoms with E-state index in [2.05, 4.69) is 27.6 Å². The van der Waals surface area contributed by atoms with Crippen molar-refractivity contribution in [3.05, 3.63) is 54.6 Å². The summed E-state index contributed by atoms with van der Waals surface area (Å²) in [6.07, 6.45) is 1.28. The van der Waals surface area contributed by atoms with Crippen LogP contribution in [0, 0.1) is 0 Å². The number of rotatable bonds is 6. The topological polar surface area (TPSA) is 64.1 Å². The van der Waals surface area contributed by atoms with E-state index in [-0.39, 0.29) is 5.91 Å². The van der Waals surface area contributed by atoms with Gasteiger partial charge in [0.1, 0.15) is 5.75 Å². The third-order valence-electron chi connectivity index (χ3n) is 3.45. The van der Waals surface area contributed by atoms with Gasteiger partial charge in [0.25, 0.3) is 5.91 Å². The summed E-state index contributed by atoms with van der Waals surface area (Å²) in [4.78, 5) is 12.2. The molecule has 0 aliphatic heterocycles. The summed E-state index contributed by atoms with van der Waals surface area (Å²) in [5.74, 6) is 0.389. The largest absolute Gasteiger partial charge is 0.481 e. The number of benzene rings is 2. The first-order valence-corrected chi connectivity index (χ1v) is 9.70. The maximum Gasteiger partial charge on any atom is 0.266 e. The van der Waals surface area contributed by atoms with Gasteiger partial charge in [-0.15, -0.1) is 10.2 Å². The fraction of sp³-hybridized carbons (Fsp3) is 0.167. The second kappa shape index (κ2) is 8.13. The van der Waals surface area contributed by atoms with E-state index in [0.29, 0.717) is 10.9 Å². The van der Waals surface area contributed by atoms with Crippen LogP contribution in [0.2, 0.25) is 0 Å². The Morgan fingerprint density at radius 1 is 1.08 bits per heavy atom. The standard InChI is InChI=1S/C18H17N3O2S2/c1-12(16(22)19-17-20-21-18(24-2)25-17)23-15-10-8-14(9-11-15)13-6-4-3-5-7-13/h3-12H,1-2H3,(H,19,20,22). The molecule has 0 radical (unpaired) electrons. The Balaban J connectivity index is 1.60. The zero-order valence-electron chi connectivity index (χ0n) is 13.8. The summed E-state index contributed by atoms with van der Waals surface area (Å²) in [7, 11) is 0. The summed E-state index contributed by atoms with van der Waals surface area (Å²) in [5, 5.41) is 11.1. The van der Waals surface area contributed by atoms with E-state index in [1.54, 1.807) is 6.92 Å². The Morgan fingerprint density at radius 3 is 2.40 bits per heavy atom. The molecular weight excluding hydrogens is 354 g/mol. The fourth-order valence-corrected chi connectivity index (χ4v) is 3.34. The lowest BCUT2D eigenvalue weighted by Crippen LogP contribution is -2.30. The molecule has 0 spiro atoms. The van der Waals surface area contributed by atoms with Crippen molar-refractivity contribution in [2.45, 2.75) is 17.4 Å². The molecule has 128 valence electrons. The number of amides is 1. The molecule has 0 aliphatic rings. The minimum Gasteiger partial charge on any atom is -0.481 e. The highest BCUT2D eigenvalue weighted by Gasteiger charge is 2.17. The summed E-state index contributed by atoms with van der Waals surface area (Å²) >= 11 is 2.83. The predicted octanol–water partition coefficient (Wildman–Crippen LogP) is 4.33. The molecule has 1 unspecified atom stereocenters. The number of hydrogen-bond acceptors (Lipinski definition) is 6. The van der Waals surface area contributed by atoms with Crippen molar-refractivity contribution in [3.63, 3.8) is 0 Å². The molecule has 3 rings (SSSR count). The fourth-order valence-electron chi connectivity index (χ4n) is 2.16. The zero-order valence-corrected chi connectivity index (χ0v) is 15.4. The molecule has 0 saturated heterocycles. The maximum absolute atomic E-state index is 12.2. The van der Waals surface area contributed by atoms with Crippen molar-refractivity contribution in [3.8, 4) is 16.9 Å². The molecule has 0 aliphatic carbocycles. The first kappa shape index (κ1) is 17.4. The molecule has 7 heteroatoms. The van der Waals surface area contributed by atoms with Crippen LogP contribution < -0.4 is 10.1 Å². The van der Waals surface area contributed by atoms with Gasteiger partial charge in [0.05, 0.1) is 0 Å². The number of nitrogens with one attached hydrogen (secondary N) is 1. The van der Waals surface area contributed by atoms with Gasteiger partial charge in [0.2, 0.25) is 5.13 Å². The van der Waals surface area contributed by atoms with Crippen LogP contribution in [0.4, 0.5) is 5.13 Å². The molecule has 0 saturated carbocycles. The van der Waals surface area contributed by atoms with Gasteiger partial charge < -0.3 is 4.74 Å². The van der Waals surface area contributed by atoms with Crippen LogP contribution in [0.25, 0.3) is 11.1 Å². The van der Waals surface area contributed by atoms with E-state index < -0.39 is 6.10 Å². The molecule has 0 fully saturated rings. The molecule has 1 heterocycles. The summed E-state index contributed by atoms with van der Waals surface area (Å²) in [6, 6.07) is 17.8. The molecule has 3 aromatic rings. The van der Waals surface area contributed by atoms with Crippen LogP contribution >= 0.6 is 23.1 Å². The van der Waals surface area contributed by atoms with Gasteiger partial charge in [-0.3, -0.25) is 10.1 Å². The van der Waals surface area contributed by atoms with Crippen molar-refractivity contribution in [2.24, 2.45) is 0 Å². The lowest BCUT2D eigenvalue weighted by molar-refractivity contribution is -0.122. The van der Waals surface area contributed by atoms with Crippen molar-refractivity contribution < 1.29 is 9.53 Å². The first-order chi connectivity index (χ1) is 12.2. The highest BCUT2D eigenvalue weighted by Crippen LogP contribution is 2.24. The number of carbonyl (C=O) groups excluding carboxylic acids is 1. The normalized spacial score (nSPS) is 11.8. The summed E-state index contributed by atoms with van der Waals surface area (Å²) < 4.78 is 6.52. The van der Waals surface area contributed by atoms with Gasteiger partial charge >= 0.3 is 0 Å². The van der Waals surface area contributed by atoms with Crippen LogP contribution in [-0.2, 0) is 4.79 Å². The number of hydrogen-bond donors (Lipinski definition) is 1. The van der Waals surface area contributed by atoms with Gasteiger partial charge in [-0.05, 0) is 36.4 Å². The predicted molar refractivity (Wildman–Crippen MR) is 102 cm³/mol. The molecule has 1 aromatic heterocycles. The van der Waals surface area contributed by atoms with Gasteiger partial charge in [-0.2, -0.15) is 0 Å². The molecule has 5 nitrogen and oxygen atoms in total. The van der Waals surface area contributed by atoms with E-state index in [0.717, 1.165) is 15.5 Å². The Bertz CT molecular complexity index is 835. The molecule has 1 N–H and O–H groups in total. The third-order valence-corrected chi connectivity index (χ3v) is 5.27. The summed E-state index contributed by atoms with van der Waals surface area (Å²) in [5.41, 5.74) is 2.24. The van der Waals surface area contributed by atoms with Crippen molar-refractivity contribution >= 4 is 34.1 Å². The lowest BCUT2D eigenvalue weighted by atomic mass is 10.1. The van der Waals surface area contributed by atoms with Crippen LogP contribution in [-0.4, -0.2) is 28.5 Å². The number of anilines is 1. The smallest absolute Gasteiger partial charge is 0.266 e. The number of carbonyl (C=O) groups is 1. The Kier molecular flexibility index (Phi) is 5.67. The first-order valence-electron chi connectivity index (χ1n) is 7.66. The second-order valence-electron chi connectivity index (χ2n) is 5.22. The Morgan fingerprint density at radius 2 is 1.76 bits per heavy atom. The monoisotopic (exact) mass is 371 g/mol. The van der Waals surface area contributed by atoms with Crippen molar-refractivity contribution in [1.29, 1.82) is 0 Å². The minimum absolute atomic E-state index is 0.254. The quantitative estimate of drug-likeness (QED) is 0.516. The lowest BCUT2D eigenvalue weighted by Gasteiger charge is -2.14. The number of nitrogens with zero attached hydrogens (tertiary/aromatic N) is 2. The van der Waals surface area contributed by atoms with Crippen molar-refractivity contribution in [1.82, 2.24) is 10.2 Å². The highest BCUT2D eigenvalue weighted by molar-refractivity contribution is 8.00. The van der Waals surface area contributed by atoms with E-state index in [9.17, 15) is 4.79 Å². The van der Waals surface area contributed by atoms with Gasteiger partial charge in [-0.25, -0.2) is 0 Å². The van der Waals surface area contributed by atoms with Crippen LogP contribution in [0.1, 0.15) is 6.92 Å². The van der Waals surface area contributed by atoms with E-state index in [1.165, 1.54) is 23.1 Å². The molecule has 0 bridgehead atoms. The molecule has 1 amide bonds. The average molecular weight is 371 g/mol. The van der Waals surface area contributed by atoms with Gasteiger partial charge in [0, 0.05) is 0 Å². The van der Waals surface area contributed by atoms with Crippen LogP contribution in [0.15, 0.2) is 58.9 Å². The maximum atomic E-state index is 12.2. The Labute approximate surface area is 154 Å². The Hall–Kier alpha value is -2.38. The van der Waals surface area contributed by atoms with Crippen LogP contribution in [0.5, 0.6) is 5.75 Å². The van der Waals surface area contributed by atoms with E-state index in [1.807, 2.05) is 48.7 Å². The molecule has 25 heavy (non-hydrogen) atoms. The average Bonchev–Trinajstić information content (AvgIpc) is 3.10. The molecule has 1 atom stereocenters. The van der Waals surface area contributed by atoms with E-state index >= 15 is 0 Å². The molecular formula is C18H17N3O2S2. The van der Waals surface area contributed by atoms with E-state index in [4.69, 9.17) is 4.74 Å². The zero-order chi connectivity index (χ0) is 17.6. The summed E-state index contributed by atoms with van der Waals surface area (Å²) in [6.45, 7) is 1.71. The number of aromatic nitrogens is 2. The SMILES string of the molecule is CSc1nnc(NC(=O)C(C)Oc2ccc(-c3ccccc3)cc2)s1. The third kappa shape index (κ3) is 4.58. The minimum atomic E-state index is -0.635. The number of thioether (sulfide) groups is 1. The van der Waals surface area contributed by atoms with Gasteiger partial charge in [-0.1, -0.05) is 65.6 Å².